The second-order valence-corrected chi connectivity index (χ2v) is 6.94. The van der Waals surface area contributed by atoms with Crippen molar-refractivity contribution in [3.8, 4) is 0 Å². The number of benzene rings is 1. The Balaban J connectivity index is 2.16. The molecule has 0 N–H and O–H groups in total. The lowest BCUT2D eigenvalue weighted by Crippen LogP contribution is -2.45. The largest absolute Gasteiger partial charge is 0.341 e. The fourth-order valence-electron chi connectivity index (χ4n) is 2.75. The molecule has 1 atom stereocenters. The Hall–Kier alpha value is -1.07. The summed E-state index contributed by atoms with van der Waals surface area (Å²) in [5.74, 6) is 2.04. The molecule has 21 heavy (non-hydrogen) atoms. The third-order valence-corrected chi connectivity index (χ3v) is 5.07. The van der Waals surface area contributed by atoms with E-state index in [9.17, 15) is 9.18 Å². The van der Waals surface area contributed by atoms with Crippen molar-refractivity contribution >= 4 is 17.7 Å². The number of thioether (sulfide) groups is 1. The van der Waals surface area contributed by atoms with Crippen LogP contribution in [0.3, 0.4) is 0 Å². The van der Waals surface area contributed by atoms with Gasteiger partial charge < -0.3 is 4.90 Å². The molecule has 0 unspecified atom stereocenters. The molecule has 1 aliphatic heterocycles. The van der Waals surface area contributed by atoms with Gasteiger partial charge in [-0.25, -0.2) is 4.39 Å². The van der Waals surface area contributed by atoms with Gasteiger partial charge in [-0.2, -0.15) is 11.8 Å². The smallest absolute Gasteiger partial charge is 0.244 e. The van der Waals surface area contributed by atoms with Crippen molar-refractivity contribution in [1.82, 2.24) is 9.80 Å². The summed E-state index contributed by atoms with van der Waals surface area (Å²) in [5, 5.41) is 0. The number of nitrogens with zero attached hydrogens (tertiary/aromatic N) is 2. The first-order valence-electron chi connectivity index (χ1n) is 7.27. The molecule has 0 spiro atoms. The molecular weight excluding hydrogens is 287 g/mol. The van der Waals surface area contributed by atoms with Gasteiger partial charge in [-0.3, -0.25) is 9.69 Å². The number of hydrogen-bond acceptors (Lipinski definition) is 3. The number of halogens is 1. The molecule has 1 aromatic rings. The van der Waals surface area contributed by atoms with Crippen LogP contribution < -0.4 is 0 Å². The Kier molecular flexibility index (Phi) is 5.65. The van der Waals surface area contributed by atoms with E-state index in [-0.39, 0.29) is 17.8 Å². The van der Waals surface area contributed by atoms with Gasteiger partial charge in [0.2, 0.25) is 5.91 Å². The molecule has 0 saturated carbocycles. The topological polar surface area (TPSA) is 23.6 Å². The molecule has 0 bridgehead atoms. The third kappa shape index (κ3) is 3.98. The molecular formula is C16H23FN2OS. The van der Waals surface area contributed by atoms with Gasteiger partial charge in [-0.05, 0) is 56.1 Å². The van der Waals surface area contributed by atoms with Crippen LogP contribution in [0.4, 0.5) is 4.39 Å². The van der Waals surface area contributed by atoms with Crippen LogP contribution in [-0.2, 0) is 4.79 Å². The van der Waals surface area contributed by atoms with Crippen LogP contribution in [0, 0.1) is 5.82 Å². The standard InChI is InChI=1S/C16H23FN2OS/c1-18(2)15(12-4-6-13(17)7-5-12)16(20)19(3)14-8-10-21-11-9-14/h4-7,14-15H,8-11H2,1-3H3/t15-/m0/s1. The lowest BCUT2D eigenvalue weighted by atomic mass is 10.0. The van der Waals surface area contributed by atoms with E-state index in [0.29, 0.717) is 6.04 Å². The van der Waals surface area contributed by atoms with E-state index >= 15 is 0 Å². The second kappa shape index (κ2) is 7.27. The van der Waals surface area contributed by atoms with Crippen LogP contribution in [0.25, 0.3) is 0 Å². The first kappa shape index (κ1) is 16.3. The molecule has 0 aliphatic carbocycles. The maximum Gasteiger partial charge on any atom is 0.244 e. The zero-order chi connectivity index (χ0) is 15.4. The minimum atomic E-state index is -0.356. The van der Waals surface area contributed by atoms with E-state index in [2.05, 4.69) is 0 Å². The van der Waals surface area contributed by atoms with Crippen LogP contribution in [-0.4, -0.2) is 54.4 Å². The van der Waals surface area contributed by atoms with Gasteiger partial charge in [0.05, 0.1) is 0 Å². The summed E-state index contributed by atoms with van der Waals surface area (Å²) in [6, 6.07) is 6.18. The molecule has 1 saturated heterocycles. The number of carbonyl (C=O) groups excluding carboxylic acids is 1. The molecule has 2 rings (SSSR count). The maximum absolute atomic E-state index is 13.1. The zero-order valence-electron chi connectivity index (χ0n) is 12.9. The first-order chi connectivity index (χ1) is 10.0. The fraction of sp³-hybridized carbons (Fsp3) is 0.562. The van der Waals surface area contributed by atoms with Crippen molar-refractivity contribution in [2.45, 2.75) is 24.9 Å². The summed E-state index contributed by atoms with van der Waals surface area (Å²) in [6.45, 7) is 0. The Bertz CT molecular complexity index is 472. The molecule has 5 heteroatoms. The van der Waals surface area contributed by atoms with Crippen molar-refractivity contribution in [2.24, 2.45) is 0 Å². The molecule has 1 aromatic carbocycles. The second-order valence-electron chi connectivity index (χ2n) is 5.71. The Morgan fingerprint density at radius 2 is 1.76 bits per heavy atom. The Morgan fingerprint density at radius 1 is 1.19 bits per heavy atom. The van der Waals surface area contributed by atoms with Gasteiger partial charge in [0.1, 0.15) is 11.9 Å². The van der Waals surface area contributed by atoms with Crippen molar-refractivity contribution in [3.63, 3.8) is 0 Å². The van der Waals surface area contributed by atoms with Crippen LogP contribution >= 0.6 is 11.8 Å². The van der Waals surface area contributed by atoms with E-state index in [1.165, 1.54) is 12.1 Å². The molecule has 0 radical (unpaired) electrons. The van der Waals surface area contributed by atoms with Crippen LogP contribution in [0.15, 0.2) is 24.3 Å². The average Bonchev–Trinajstić information content (AvgIpc) is 2.49. The highest BCUT2D eigenvalue weighted by Gasteiger charge is 2.30. The van der Waals surface area contributed by atoms with Crippen LogP contribution in [0.1, 0.15) is 24.4 Å². The molecule has 1 heterocycles. The molecule has 1 fully saturated rings. The first-order valence-corrected chi connectivity index (χ1v) is 8.42. The van der Waals surface area contributed by atoms with Gasteiger partial charge in [-0.15, -0.1) is 0 Å². The molecule has 0 aromatic heterocycles. The normalized spacial score (nSPS) is 17.8. The van der Waals surface area contributed by atoms with E-state index in [1.807, 2.05) is 42.7 Å². The van der Waals surface area contributed by atoms with E-state index in [1.54, 1.807) is 12.1 Å². The average molecular weight is 310 g/mol. The van der Waals surface area contributed by atoms with Gasteiger partial charge in [0.25, 0.3) is 0 Å². The summed E-state index contributed by atoms with van der Waals surface area (Å²) in [5.41, 5.74) is 0.837. The monoisotopic (exact) mass is 310 g/mol. The van der Waals surface area contributed by atoms with Crippen molar-refractivity contribution in [3.05, 3.63) is 35.6 Å². The molecule has 1 amide bonds. The zero-order valence-corrected chi connectivity index (χ0v) is 13.7. The summed E-state index contributed by atoms with van der Waals surface area (Å²) in [7, 11) is 5.66. The van der Waals surface area contributed by atoms with Gasteiger partial charge in [0, 0.05) is 13.1 Å². The molecule has 1 aliphatic rings. The van der Waals surface area contributed by atoms with Gasteiger partial charge in [-0.1, -0.05) is 12.1 Å². The quantitative estimate of drug-likeness (QED) is 0.854. The number of amides is 1. The molecule has 3 nitrogen and oxygen atoms in total. The highest BCUT2D eigenvalue weighted by Crippen LogP contribution is 2.26. The van der Waals surface area contributed by atoms with Crippen LogP contribution in [0.2, 0.25) is 0 Å². The third-order valence-electron chi connectivity index (χ3n) is 4.02. The van der Waals surface area contributed by atoms with E-state index < -0.39 is 0 Å². The van der Waals surface area contributed by atoms with Crippen LogP contribution in [0.5, 0.6) is 0 Å². The van der Waals surface area contributed by atoms with Gasteiger partial charge >= 0.3 is 0 Å². The minimum Gasteiger partial charge on any atom is -0.341 e. The highest BCUT2D eigenvalue weighted by atomic mass is 32.2. The van der Waals surface area contributed by atoms with E-state index in [0.717, 1.165) is 29.9 Å². The lowest BCUT2D eigenvalue weighted by Gasteiger charge is -2.35. The number of hydrogen-bond donors (Lipinski definition) is 0. The van der Waals surface area contributed by atoms with E-state index in [4.69, 9.17) is 0 Å². The summed E-state index contributed by atoms with van der Waals surface area (Å²) in [4.78, 5) is 16.6. The predicted molar refractivity (Wildman–Crippen MR) is 85.9 cm³/mol. The summed E-state index contributed by atoms with van der Waals surface area (Å²) >= 11 is 1.95. The van der Waals surface area contributed by atoms with Crippen molar-refractivity contribution in [1.29, 1.82) is 0 Å². The summed E-state index contributed by atoms with van der Waals surface area (Å²) in [6.07, 6.45) is 2.10. The fourth-order valence-corrected chi connectivity index (χ4v) is 3.83. The Morgan fingerprint density at radius 3 is 2.29 bits per heavy atom. The minimum absolute atomic E-state index is 0.0866. The van der Waals surface area contributed by atoms with Crippen molar-refractivity contribution in [2.75, 3.05) is 32.6 Å². The maximum atomic E-state index is 13.1. The lowest BCUT2D eigenvalue weighted by molar-refractivity contribution is -0.137. The van der Waals surface area contributed by atoms with Crippen molar-refractivity contribution < 1.29 is 9.18 Å². The predicted octanol–water partition coefficient (Wildman–Crippen LogP) is 2.78. The highest BCUT2D eigenvalue weighted by molar-refractivity contribution is 7.99. The van der Waals surface area contributed by atoms with Gasteiger partial charge in [0.15, 0.2) is 0 Å². The summed E-state index contributed by atoms with van der Waals surface area (Å²) < 4.78 is 13.1. The Labute approximate surface area is 130 Å². The SMILES string of the molecule is CN(C(=O)[C@H](c1ccc(F)cc1)N(C)C)C1CCSCC1. The number of rotatable bonds is 4. The molecule has 116 valence electrons. The number of likely N-dealkylation sites (N-methyl/N-ethyl adjacent to an activating group) is 2. The number of carbonyl (C=O) groups is 1.